The summed E-state index contributed by atoms with van der Waals surface area (Å²) in [6.45, 7) is 4.60. The largest absolute Gasteiger partial charge is 0.454 e. The first-order valence-electron chi connectivity index (χ1n) is 11.3. The molecule has 5 aromatic rings. The minimum Gasteiger partial charge on any atom is -0.454 e. The maximum Gasteiger partial charge on any atom is 0.292 e. The van der Waals surface area contributed by atoms with Gasteiger partial charge in [-0.25, -0.2) is 9.78 Å². The standard InChI is InChI=1S/C25H23N7O3/c1-12-3-8-18-17(9-12)13(2)23(35-18)22-20-21(25(34)30-29-24(20)26)31-32(22)16-6-4-14(5-7-16)28-15-10-19(33)27-11-15/h3-9,15,28H,10-11H2,1-2H3,(H2,26,29)(H,27,33)(H,30,34). The predicted octanol–water partition coefficient (Wildman–Crippen LogP) is 3.02. The summed E-state index contributed by atoms with van der Waals surface area (Å²) in [6, 6.07) is 13.6. The molecule has 1 aliphatic heterocycles. The molecule has 6 rings (SSSR count). The Balaban J connectivity index is 1.52. The lowest BCUT2D eigenvalue weighted by Crippen LogP contribution is -2.22. The number of nitrogens with zero attached hydrogens (tertiary/aromatic N) is 3. The molecule has 10 nitrogen and oxygen atoms in total. The number of nitrogens with one attached hydrogen (secondary N) is 3. The van der Waals surface area contributed by atoms with E-state index in [1.807, 2.05) is 50.2 Å². The molecule has 35 heavy (non-hydrogen) atoms. The number of fused-ring (bicyclic) bond motifs is 2. The van der Waals surface area contributed by atoms with Gasteiger partial charge in [0.2, 0.25) is 5.91 Å². The molecule has 0 saturated carbocycles. The number of amides is 1. The molecule has 1 saturated heterocycles. The van der Waals surface area contributed by atoms with Gasteiger partial charge in [0.15, 0.2) is 17.1 Å². The summed E-state index contributed by atoms with van der Waals surface area (Å²) < 4.78 is 7.94. The molecule has 1 amide bonds. The lowest BCUT2D eigenvalue weighted by molar-refractivity contribution is -0.119. The molecular weight excluding hydrogens is 446 g/mol. The number of anilines is 2. The summed E-state index contributed by atoms with van der Waals surface area (Å²) in [5.41, 5.74) is 10.9. The third-order valence-electron chi connectivity index (χ3n) is 6.40. The van der Waals surface area contributed by atoms with Crippen LogP contribution in [0.2, 0.25) is 0 Å². The molecule has 10 heteroatoms. The van der Waals surface area contributed by atoms with Gasteiger partial charge in [0.05, 0.1) is 17.1 Å². The van der Waals surface area contributed by atoms with Crippen molar-refractivity contribution >= 4 is 39.3 Å². The molecule has 0 spiro atoms. The van der Waals surface area contributed by atoms with Crippen LogP contribution in [0.4, 0.5) is 11.5 Å². The van der Waals surface area contributed by atoms with E-state index in [-0.39, 0.29) is 23.3 Å². The highest BCUT2D eigenvalue weighted by Crippen LogP contribution is 2.39. The van der Waals surface area contributed by atoms with Gasteiger partial charge in [-0.2, -0.15) is 10.2 Å². The van der Waals surface area contributed by atoms with Crippen molar-refractivity contribution in [3.8, 4) is 17.1 Å². The average molecular weight is 470 g/mol. The van der Waals surface area contributed by atoms with Crippen molar-refractivity contribution in [1.29, 1.82) is 0 Å². The van der Waals surface area contributed by atoms with Crippen LogP contribution in [0, 0.1) is 13.8 Å². The number of aromatic nitrogens is 4. The van der Waals surface area contributed by atoms with Gasteiger partial charge in [0.1, 0.15) is 11.3 Å². The van der Waals surface area contributed by atoms with E-state index in [1.165, 1.54) is 0 Å². The van der Waals surface area contributed by atoms with E-state index < -0.39 is 5.56 Å². The maximum atomic E-state index is 12.6. The number of nitrogen functional groups attached to an aromatic ring is 1. The quantitative estimate of drug-likeness (QED) is 0.317. The third kappa shape index (κ3) is 3.41. The SMILES string of the molecule is Cc1ccc2oc(-c3c4c(N)n[nH]c(=O)c4nn3-c3ccc(NC4CNC(=O)C4)cc3)c(C)c2c1. The van der Waals surface area contributed by atoms with Crippen molar-refractivity contribution in [2.24, 2.45) is 0 Å². The van der Waals surface area contributed by atoms with Crippen LogP contribution in [-0.4, -0.2) is 38.5 Å². The highest BCUT2D eigenvalue weighted by molar-refractivity contribution is 6.02. The van der Waals surface area contributed by atoms with E-state index in [0.717, 1.165) is 33.5 Å². The molecular formula is C25H23N7O3. The first kappa shape index (κ1) is 21.0. The average Bonchev–Trinajstić information content (AvgIpc) is 3.53. The Hall–Kier alpha value is -4.60. The molecule has 1 atom stereocenters. The number of hydrogen-bond acceptors (Lipinski definition) is 7. The Morgan fingerprint density at radius 2 is 1.94 bits per heavy atom. The predicted molar refractivity (Wildman–Crippen MR) is 134 cm³/mol. The summed E-state index contributed by atoms with van der Waals surface area (Å²) >= 11 is 0. The van der Waals surface area contributed by atoms with Gasteiger partial charge in [-0.1, -0.05) is 11.6 Å². The number of rotatable bonds is 4. The Labute approximate surface area is 199 Å². The molecule has 2 aromatic carbocycles. The molecule has 4 heterocycles. The van der Waals surface area contributed by atoms with Crippen molar-refractivity contribution in [1.82, 2.24) is 25.3 Å². The molecule has 0 radical (unpaired) electrons. The molecule has 1 unspecified atom stereocenters. The van der Waals surface area contributed by atoms with Crippen molar-refractivity contribution in [3.05, 3.63) is 63.9 Å². The van der Waals surface area contributed by atoms with Gasteiger partial charge in [0.25, 0.3) is 5.56 Å². The normalized spacial score (nSPS) is 15.7. The van der Waals surface area contributed by atoms with E-state index in [1.54, 1.807) is 4.68 Å². The first-order valence-corrected chi connectivity index (χ1v) is 11.3. The molecule has 1 aliphatic rings. The van der Waals surface area contributed by atoms with Crippen molar-refractivity contribution in [3.63, 3.8) is 0 Å². The summed E-state index contributed by atoms with van der Waals surface area (Å²) in [7, 11) is 0. The number of carbonyl (C=O) groups is 1. The molecule has 0 aliphatic carbocycles. The molecule has 5 N–H and O–H groups in total. The van der Waals surface area contributed by atoms with Crippen molar-refractivity contribution < 1.29 is 9.21 Å². The van der Waals surface area contributed by atoms with E-state index in [4.69, 9.17) is 10.2 Å². The van der Waals surface area contributed by atoms with Gasteiger partial charge < -0.3 is 20.8 Å². The minimum absolute atomic E-state index is 0.0415. The minimum atomic E-state index is -0.435. The van der Waals surface area contributed by atoms with Crippen LogP contribution in [0.1, 0.15) is 17.5 Å². The van der Waals surface area contributed by atoms with Crippen LogP contribution in [0.3, 0.4) is 0 Å². The van der Waals surface area contributed by atoms with Crippen LogP contribution in [0.25, 0.3) is 39.0 Å². The monoisotopic (exact) mass is 469 g/mol. The Morgan fingerprint density at radius 3 is 2.69 bits per heavy atom. The number of aryl methyl sites for hydroxylation is 2. The number of carbonyl (C=O) groups excluding carboxylic acids is 1. The van der Waals surface area contributed by atoms with Crippen molar-refractivity contribution in [2.75, 3.05) is 17.6 Å². The van der Waals surface area contributed by atoms with Gasteiger partial charge >= 0.3 is 0 Å². The number of benzene rings is 2. The second-order valence-electron chi connectivity index (χ2n) is 8.87. The van der Waals surface area contributed by atoms with Gasteiger partial charge in [-0.3, -0.25) is 9.59 Å². The van der Waals surface area contributed by atoms with Gasteiger partial charge in [0, 0.05) is 29.6 Å². The number of aromatic amines is 1. The third-order valence-corrected chi connectivity index (χ3v) is 6.40. The zero-order valence-electron chi connectivity index (χ0n) is 19.2. The topological polar surface area (TPSA) is 144 Å². The van der Waals surface area contributed by atoms with Crippen molar-refractivity contribution in [2.45, 2.75) is 26.3 Å². The zero-order valence-corrected chi connectivity index (χ0v) is 19.2. The van der Waals surface area contributed by atoms with Gasteiger partial charge in [-0.15, -0.1) is 0 Å². The summed E-state index contributed by atoms with van der Waals surface area (Å²) in [5.74, 6) is 0.776. The summed E-state index contributed by atoms with van der Waals surface area (Å²) in [5, 5.41) is 18.6. The van der Waals surface area contributed by atoms with Crippen LogP contribution in [-0.2, 0) is 4.79 Å². The zero-order chi connectivity index (χ0) is 24.3. The fourth-order valence-corrected chi connectivity index (χ4v) is 4.64. The summed E-state index contributed by atoms with van der Waals surface area (Å²) in [4.78, 5) is 24.1. The second kappa shape index (κ2) is 7.73. The Kier molecular flexibility index (Phi) is 4.63. The number of H-pyrrole nitrogens is 1. The molecule has 176 valence electrons. The fraction of sp³-hybridized carbons (Fsp3) is 0.200. The lowest BCUT2D eigenvalue weighted by Gasteiger charge is -2.13. The van der Waals surface area contributed by atoms with E-state index in [9.17, 15) is 9.59 Å². The maximum absolute atomic E-state index is 12.6. The fourth-order valence-electron chi connectivity index (χ4n) is 4.64. The van der Waals surface area contributed by atoms with Crippen LogP contribution in [0.15, 0.2) is 51.7 Å². The van der Waals surface area contributed by atoms with E-state index in [2.05, 4.69) is 32.0 Å². The number of nitrogens with two attached hydrogens (primary N) is 1. The summed E-state index contributed by atoms with van der Waals surface area (Å²) in [6.07, 6.45) is 0.441. The highest BCUT2D eigenvalue weighted by atomic mass is 16.3. The molecule has 0 bridgehead atoms. The lowest BCUT2D eigenvalue weighted by atomic mass is 10.1. The Morgan fingerprint density at radius 1 is 1.14 bits per heavy atom. The van der Waals surface area contributed by atoms with E-state index in [0.29, 0.717) is 29.8 Å². The van der Waals surface area contributed by atoms with Crippen LogP contribution < -0.4 is 21.9 Å². The number of furan rings is 1. The van der Waals surface area contributed by atoms with Crippen LogP contribution in [0.5, 0.6) is 0 Å². The van der Waals surface area contributed by atoms with Gasteiger partial charge in [-0.05, 0) is 50.2 Å². The smallest absolute Gasteiger partial charge is 0.292 e. The van der Waals surface area contributed by atoms with E-state index >= 15 is 0 Å². The highest BCUT2D eigenvalue weighted by Gasteiger charge is 2.26. The Bertz CT molecular complexity index is 1680. The first-order chi connectivity index (χ1) is 16.9. The second-order valence-corrected chi connectivity index (χ2v) is 8.87. The molecule has 3 aromatic heterocycles. The number of hydrogen-bond donors (Lipinski definition) is 4. The molecule has 1 fully saturated rings. The van der Waals surface area contributed by atoms with Crippen LogP contribution >= 0.6 is 0 Å².